The van der Waals surface area contributed by atoms with Crippen LogP contribution in [0.2, 0.25) is 0 Å². The van der Waals surface area contributed by atoms with Gasteiger partial charge in [-0.15, -0.1) is 0 Å². The summed E-state index contributed by atoms with van der Waals surface area (Å²) in [5.41, 5.74) is 8.14. The summed E-state index contributed by atoms with van der Waals surface area (Å²) >= 11 is 0. The van der Waals surface area contributed by atoms with Crippen LogP contribution in [0.3, 0.4) is 0 Å². The van der Waals surface area contributed by atoms with E-state index in [1.807, 2.05) is 55.5 Å². The largest absolute Gasteiger partial charge is 0.326 e. The number of amides is 2. The molecule has 3 aromatic carbocycles. The Bertz CT molecular complexity index is 1180. The van der Waals surface area contributed by atoms with Crippen LogP contribution in [-0.4, -0.2) is 35.5 Å². The number of hydrogen-bond donors (Lipinski definition) is 2. The molecule has 0 radical (unpaired) electrons. The maximum atomic E-state index is 12.6. The number of nitrogens with zero attached hydrogens (tertiary/aromatic N) is 2. The summed E-state index contributed by atoms with van der Waals surface area (Å²) in [5.74, 6) is 0.404. The van der Waals surface area contributed by atoms with Gasteiger partial charge in [-0.1, -0.05) is 54.6 Å². The third-order valence-electron chi connectivity index (χ3n) is 6.64. The van der Waals surface area contributed by atoms with Gasteiger partial charge in [0.2, 0.25) is 5.91 Å². The van der Waals surface area contributed by atoms with E-state index >= 15 is 0 Å². The van der Waals surface area contributed by atoms with Gasteiger partial charge < -0.3 is 5.32 Å². The highest BCUT2D eigenvalue weighted by Gasteiger charge is 2.19. The summed E-state index contributed by atoms with van der Waals surface area (Å²) < 4.78 is 0. The topological polar surface area (TPSA) is 73.8 Å². The fourth-order valence-electron chi connectivity index (χ4n) is 4.58. The van der Waals surface area contributed by atoms with Crippen LogP contribution in [0.4, 0.5) is 5.69 Å². The average Bonchev–Trinajstić information content (AvgIpc) is 2.89. The lowest BCUT2D eigenvalue weighted by Crippen LogP contribution is -2.33. The molecule has 6 heteroatoms. The Kier molecular flexibility index (Phi) is 8.63. The SMILES string of the molecule is CC(=O)Nc1ccc(/C(C)=N\NC(=O)c2ccc(CN3CCC(Cc4ccccc4)CC3)cc2)cc1. The van der Waals surface area contributed by atoms with Crippen LogP contribution in [0.5, 0.6) is 0 Å². The minimum atomic E-state index is -0.238. The van der Waals surface area contributed by atoms with E-state index in [1.165, 1.54) is 37.3 Å². The number of likely N-dealkylation sites (tertiary alicyclic amines) is 1. The van der Waals surface area contributed by atoms with E-state index in [4.69, 9.17) is 0 Å². The lowest BCUT2D eigenvalue weighted by Gasteiger charge is -2.32. The normalized spacial score (nSPS) is 14.9. The first-order valence-corrected chi connectivity index (χ1v) is 12.5. The molecular weight excluding hydrogens is 448 g/mol. The Hall–Kier alpha value is -3.77. The van der Waals surface area contributed by atoms with Crippen molar-refractivity contribution < 1.29 is 9.59 Å². The van der Waals surface area contributed by atoms with Crippen molar-refractivity contribution in [2.24, 2.45) is 11.0 Å². The zero-order valence-corrected chi connectivity index (χ0v) is 21.0. The number of nitrogens with one attached hydrogen (secondary N) is 2. The van der Waals surface area contributed by atoms with Gasteiger partial charge in [0.05, 0.1) is 5.71 Å². The molecule has 1 heterocycles. The van der Waals surface area contributed by atoms with Gasteiger partial charge >= 0.3 is 0 Å². The standard InChI is InChI=1S/C30H34N4O2/c1-22(27-12-14-29(15-13-27)31-23(2)35)32-33-30(36)28-10-8-26(9-11-28)21-34-18-16-25(17-19-34)20-24-6-4-3-5-7-24/h3-15,25H,16-21H2,1-2H3,(H,31,35)(H,33,36)/b32-22-. The average molecular weight is 483 g/mol. The van der Waals surface area contributed by atoms with Crippen molar-refractivity contribution in [3.63, 3.8) is 0 Å². The van der Waals surface area contributed by atoms with Crippen LogP contribution in [0, 0.1) is 5.92 Å². The Morgan fingerprint density at radius 1 is 0.833 bits per heavy atom. The molecule has 1 aliphatic heterocycles. The summed E-state index contributed by atoms with van der Waals surface area (Å²) in [7, 11) is 0. The van der Waals surface area contributed by atoms with Gasteiger partial charge in [-0.3, -0.25) is 14.5 Å². The van der Waals surface area contributed by atoms with Crippen LogP contribution >= 0.6 is 0 Å². The van der Waals surface area contributed by atoms with Crippen molar-refractivity contribution in [3.8, 4) is 0 Å². The lowest BCUT2D eigenvalue weighted by atomic mass is 9.90. The highest BCUT2D eigenvalue weighted by molar-refractivity contribution is 6.01. The van der Waals surface area contributed by atoms with Gasteiger partial charge in [-0.05, 0) is 86.1 Å². The van der Waals surface area contributed by atoms with Crippen molar-refractivity contribution in [3.05, 3.63) is 101 Å². The lowest BCUT2D eigenvalue weighted by molar-refractivity contribution is -0.114. The number of hydrazone groups is 1. The predicted octanol–water partition coefficient (Wildman–Crippen LogP) is 5.25. The van der Waals surface area contributed by atoms with Crippen molar-refractivity contribution in [2.75, 3.05) is 18.4 Å². The first-order chi connectivity index (χ1) is 17.5. The third kappa shape index (κ3) is 7.36. The van der Waals surface area contributed by atoms with Gasteiger partial charge in [0.15, 0.2) is 0 Å². The molecular formula is C30H34N4O2. The van der Waals surface area contributed by atoms with Gasteiger partial charge in [0.1, 0.15) is 0 Å². The molecule has 1 saturated heterocycles. The van der Waals surface area contributed by atoms with E-state index in [0.29, 0.717) is 11.3 Å². The van der Waals surface area contributed by atoms with E-state index in [1.54, 1.807) is 0 Å². The molecule has 2 N–H and O–H groups in total. The summed E-state index contributed by atoms with van der Waals surface area (Å²) in [5, 5.41) is 6.97. The highest BCUT2D eigenvalue weighted by atomic mass is 16.2. The Labute approximate surface area is 213 Å². The molecule has 3 aromatic rings. The Morgan fingerprint density at radius 2 is 1.47 bits per heavy atom. The second-order valence-electron chi connectivity index (χ2n) is 9.50. The molecule has 1 fully saturated rings. The van der Waals surface area contributed by atoms with E-state index in [-0.39, 0.29) is 11.8 Å². The van der Waals surface area contributed by atoms with Crippen LogP contribution in [0.1, 0.15) is 53.7 Å². The minimum absolute atomic E-state index is 0.116. The molecule has 0 spiro atoms. The second kappa shape index (κ2) is 12.3. The van der Waals surface area contributed by atoms with E-state index in [0.717, 1.165) is 36.8 Å². The summed E-state index contributed by atoms with van der Waals surface area (Å²) in [6, 6.07) is 25.9. The molecule has 0 unspecified atom stereocenters. The number of rotatable bonds is 8. The van der Waals surface area contributed by atoms with Crippen molar-refractivity contribution in [1.82, 2.24) is 10.3 Å². The maximum absolute atomic E-state index is 12.6. The highest BCUT2D eigenvalue weighted by Crippen LogP contribution is 2.23. The monoisotopic (exact) mass is 482 g/mol. The van der Waals surface area contributed by atoms with Gasteiger partial charge in [-0.2, -0.15) is 5.10 Å². The molecule has 36 heavy (non-hydrogen) atoms. The second-order valence-corrected chi connectivity index (χ2v) is 9.50. The zero-order chi connectivity index (χ0) is 25.3. The Balaban J connectivity index is 1.24. The van der Waals surface area contributed by atoms with E-state index < -0.39 is 0 Å². The molecule has 0 bridgehead atoms. The molecule has 0 saturated carbocycles. The quantitative estimate of drug-likeness (QED) is 0.340. The molecule has 186 valence electrons. The number of anilines is 1. The van der Waals surface area contributed by atoms with Crippen LogP contribution in [0.15, 0.2) is 84.0 Å². The zero-order valence-electron chi connectivity index (χ0n) is 21.0. The maximum Gasteiger partial charge on any atom is 0.271 e. The number of hydrogen-bond acceptors (Lipinski definition) is 4. The molecule has 2 amide bonds. The molecule has 1 aliphatic rings. The van der Waals surface area contributed by atoms with Crippen LogP contribution in [0.25, 0.3) is 0 Å². The minimum Gasteiger partial charge on any atom is -0.326 e. The fraction of sp³-hybridized carbons (Fsp3) is 0.300. The van der Waals surface area contributed by atoms with Crippen molar-refractivity contribution >= 4 is 23.2 Å². The van der Waals surface area contributed by atoms with Gasteiger partial charge in [-0.25, -0.2) is 5.43 Å². The van der Waals surface area contributed by atoms with E-state index in [9.17, 15) is 9.59 Å². The number of carbonyl (C=O) groups excluding carboxylic acids is 2. The number of piperidine rings is 1. The van der Waals surface area contributed by atoms with Crippen LogP contribution < -0.4 is 10.7 Å². The predicted molar refractivity (Wildman–Crippen MR) is 145 cm³/mol. The molecule has 4 rings (SSSR count). The van der Waals surface area contributed by atoms with Crippen LogP contribution in [-0.2, 0) is 17.8 Å². The van der Waals surface area contributed by atoms with Gasteiger partial charge in [0, 0.05) is 24.7 Å². The summed E-state index contributed by atoms with van der Waals surface area (Å²) in [6.45, 7) is 6.43. The van der Waals surface area contributed by atoms with Crippen molar-refractivity contribution in [1.29, 1.82) is 0 Å². The first kappa shape index (κ1) is 25.3. The molecule has 0 aromatic heterocycles. The number of carbonyl (C=O) groups is 2. The third-order valence-corrected chi connectivity index (χ3v) is 6.64. The van der Waals surface area contributed by atoms with E-state index in [2.05, 4.69) is 51.1 Å². The van der Waals surface area contributed by atoms with Gasteiger partial charge in [0.25, 0.3) is 5.91 Å². The first-order valence-electron chi connectivity index (χ1n) is 12.5. The molecule has 0 atom stereocenters. The number of benzene rings is 3. The Morgan fingerprint density at radius 3 is 2.11 bits per heavy atom. The summed E-state index contributed by atoms with van der Waals surface area (Å²) in [6.07, 6.45) is 3.62. The molecule has 6 nitrogen and oxygen atoms in total. The fourth-order valence-corrected chi connectivity index (χ4v) is 4.58. The summed E-state index contributed by atoms with van der Waals surface area (Å²) in [4.78, 5) is 26.2. The smallest absolute Gasteiger partial charge is 0.271 e. The molecule has 0 aliphatic carbocycles. The van der Waals surface area contributed by atoms with Crippen molar-refractivity contribution in [2.45, 2.75) is 39.7 Å².